The molecule has 1 aliphatic carbocycles. The molecule has 0 radical (unpaired) electrons. The first kappa shape index (κ1) is 28.4. The van der Waals surface area contributed by atoms with Gasteiger partial charge in [-0.25, -0.2) is 4.79 Å². The first-order valence-electron chi connectivity index (χ1n) is 12.1. The van der Waals surface area contributed by atoms with Crippen molar-refractivity contribution in [2.45, 2.75) is 33.1 Å². The van der Waals surface area contributed by atoms with Crippen LogP contribution < -0.4 is 19.5 Å². The van der Waals surface area contributed by atoms with E-state index in [1.54, 1.807) is 30.8 Å². The fourth-order valence-electron chi connectivity index (χ4n) is 4.96. The van der Waals surface area contributed by atoms with Gasteiger partial charge in [-0.3, -0.25) is 9.59 Å². The van der Waals surface area contributed by atoms with E-state index in [4.69, 9.17) is 23.7 Å². The van der Waals surface area contributed by atoms with Crippen molar-refractivity contribution in [3.63, 3.8) is 0 Å². The van der Waals surface area contributed by atoms with Gasteiger partial charge in [0, 0.05) is 34.3 Å². The zero-order chi connectivity index (χ0) is 27.3. The number of carbonyl (C=O) groups is 3. The van der Waals surface area contributed by atoms with Crippen LogP contribution in [0.1, 0.15) is 38.7 Å². The van der Waals surface area contributed by atoms with Gasteiger partial charge in [0.05, 0.1) is 39.9 Å². The van der Waals surface area contributed by atoms with Crippen LogP contribution in [0.15, 0.2) is 34.7 Å². The summed E-state index contributed by atoms with van der Waals surface area (Å²) in [5.41, 5.74) is 2.35. The maximum Gasteiger partial charge on any atom is 0.336 e. The van der Waals surface area contributed by atoms with Gasteiger partial charge in [-0.15, -0.1) is 0 Å². The van der Waals surface area contributed by atoms with Crippen LogP contribution >= 0.6 is 11.8 Å². The number of hydrogen-bond donors (Lipinski definition) is 1. The van der Waals surface area contributed by atoms with Crippen molar-refractivity contribution in [1.29, 1.82) is 0 Å². The predicted molar refractivity (Wildman–Crippen MR) is 140 cm³/mol. The average molecular weight is 534 g/mol. The molecule has 1 N–H and O–H groups in total. The fraction of sp³-hybridized carbons (Fsp3) is 0.519. The van der Waals surface area contributed by atoms with Crippen molar-refractivity contribution in [2.75, 3.05) is 46.6 Å². The number of esters is 2. The molecule has 9 nitrogen and oxygen atoms in total. The molecule has 0 fully saturated rings. The second-order valence-corrected chi connectivity index (χ2v) is 10.2. The van der Waals surface area contributed by atoms with Crippen LogP contribution in [0, 0.1) is 11.8 Å². The quantitative estimate of drug-likeness (QED) is 0.272. The highest BCUT2D eigenvalue weighted by molar-refractivity contribution is 7.99. The van der Waals surface area contributed by atoms with Crippen LogP contribution in [0.4, 0.5) is 0 Å². The SMILES string of the molecule is CCSCCOC(=O)C1=C(C)NC2=C(C(=O)[C@H](C(=O)OC)[C@@H](C)C2)[C@H]1c1cc(OC)c(OC)cc1OC. The Kier molecular flexibility index (Phi) is 9.53. The lowest BCUT2D eigenvalue weighted by Gasteiger charge is -2.38. The smallest absolute Gasteiger partial charge is 0.336 e. The van der Waals surface area contributed by atoms with Gasteiger partial charge in [0.2, 0.25) is 0 Å². The van der Waals surface area contributed by atoms with E-state index >= 15 is 0 Å². The number of carbonyl (C=O) groups excluding carboxylic acids is 3. The van der Waals surface area contributed by atoms with Crippen LogP contribution in [0.3, 0.4) is 0 Å². The number of Topliss-reactive ketones (excluding diaryl/α,β-unsaturated/α-hetero) is 1. The summed E-state index contributed by atoms with van der Waals surface area (Å²) in [5, 5.41) is 3.26. The molecular formula is C27H35NO8S. The van der Waals surface area contributed by atoms with Crippen molar-refractivity contribution < 1.29 is 38.1 Å². The number of benzene rings is 1. The van der Waals surface area contributed by atoms with Gasteiger partial charge in [-0.1, -0.05) is 13.8 Å². The van der Waals surface area contributed by atoms with E-state index in [1.165, 1.54) is 28.4 Å². The normalized spacial score (nSPS) is 21.2. The zero-order valence-electron chi connectivity index (χ0n) is 22.4. The largest absolute Gasteiger partial charge is 0.496 e. The van der Waals surface area contributed by atoms with Crippen LogP contribution in [0.5, 0.6) is 17.2 Å². The summed E-state index contributed by atoms with van der Waals surface area (Å²) >= 11 is 1.66. The Morgan fingerprint density at radius 1 is 1.05 bits per heavy atom. The number of ether oxygens (including phenoxy) is 5. The second kappa shape index (κ2) is 12.4. The van der Waals surface area contributed by atoms with Crippen LogP contribution in [0.2, 0.25) is 0 Å². The van der Waals surface area contributed by atoms with Crippen molar-refractivity contribution in [1.82, 2.24) is 5.32 Å². The van der Waals surface area contributed by atoms with Gasteiger partial charge in [-0.05, 0) is 31.1 Å². The minimum Gasteiger partial charge on any atom is -0.496 e. The fourth-order valence-corrected chi connectivity index (χ4v) is 5.45. The Bertz CT molecular complexity index is 1130. The first-order chi connectivity index (χ1) is 17.7. The van der Waals surface area contributed by atoms with Gasteiger partial charge in [-0.2, -0.15) is 11.8 Å². The molecule has 0 aromatic heterocycles. The summed E-state index contributed by atoms with van der Waals surface area (Å²) in [6.45, 7) is 5.88. The molecule has 1 aromatic carbocycles. The van der Waals surface area contributed by atoms with Gasteiger partial charge < -0.3 is 29.0 Å². The van der Waals surface area contributed by atoms with E-state index < -0.39 is 29.6 Å². The molecule has 1 aliphatic heterocycles. The summed E-state index contributed by atoms with van der Waals surface area (Å²) in [6.07, 6.45) is 0.430. The number of methoxy groups -OCH3 is 4. The van der Waals surface area contributed by atoms with E-state index in [2.05, 4.69) is 5.32 Å². The summed E-state index contributed by atoms with van der Waals surface area (Å²) in [7, 11) is 5.78. The lowest BCUT2D eigenvalue weighted by atomic mass is 9.69. The van der Waals surface area contributed by atoms with Crippen molar-refractivity contribution in [3.05, 3.63) is 40.2 Å². The molecule has 1 aromatic rings. The number of nitrogens with one attached hydrogen (secondary N) is 1. The summed E-state index contributed by atoms with van der Waals surface area (Å²) < 4.78 is 27.3. The maximum atomic E-state index is 13.9. The monoisotopic (exact) mass is 533 g/mol. The number of hydrogen-bond acceptors (Lipinski definition) is 10. The molecule has 0 bridgehead atoms. The molecule has 0 saturated carbocycles. The molecule has 37 heavy (non-hydrogen) atoms. The Hall–Kier alpha value is -3.14. The topological polar surface area (TPSA) is 109 Å². The molecule has 10 heteroatoms. The molecule has 0 amide bonds. The minimum atomic E-state index is -0.990. The summed E-state index contributed by atoms with van der Waals surface area (Å²) in [5.74, 6) is -0.873. The first-order valence-corrected chi connectivity index (χ1v) is 13.3. The third kappa shape index (κ3) is 5.58. The molecule has 202 valence electrons. The molecule has 3 rings (SSSR count). The minimum absolute atomic E-state index is 0.228. The third-order valence-electron chi connectivity index (χ3n) is 6.67. The van der Waals surface area contributed by atoms with Gasteiger partial charge >= 0.3 is 11.9 Å². The standard InChI is InChI=1S/C27H35NO8S/c1-8-37-10-9-36-27(31)22-15(3)28-17-11-14(2)21(26(30)35-7)25(29)24(17)23(22)16-12-19(33-5)20(34-6)13-18(16)32-4/h12-14,21,23,28H,8-11H2,1-7H3/t14-,21+,23-/m0/s1. The van der Waals surface area contributed by atoms with Gasteiger partial charge in [0.25, 0.3) is 0 Å². The molecule has 0 saturated heterocycles. The van der Waals surface area contributed by atoms with Crippen LogP contribution in [-0.4, -0.2) is 64.3 Å². The molecule has 0 unspecified atom stereocenters. The zero-order valence-corrected chi connectivity index (χ0v) is 23.2. The third-order valence-corrected chi connectivity index (χ3v) is 7.54. The van der Waals surface area contributed by atoms with Crippen LogP contribution in [0.25, 0.3) is 0 Å². The Balaban J connectivity index is 2.23. The molecule has 3 atom stereocenters. The lowest BCUT2D eigenvalue weighted by Crippen LogP contribution is -2.43. The maximum absolute atomic E-state index is 13.9. The van der Waals surface area contributed by atoms with Crippen LogP contribution in [-0.2, 0) is 23.9 Å². The molecular weight excluding hydrogens is 498 g/mol. The number of allylic oxidation sites excluding steroid dienone is 3. The lowest BCUT2D eigenvalue weighted by molar-refractivity contribution is -0.151. The number of dihydropyridines is 1. The number of ketones is 1. The highest BCUT2D eigenvalue weighted by atomic mass is 32.2. The number of rotatable bonds is 10. The Morgan fingerprint density at radius 3 is 2.30 bits per heavy atom. The van der Waals surface area contributed by atoms with E-state index in [0.717, 1.165) is 5.75 Å². The van der Waals surface area contributed by atoms with Crippen molar-refractivity contribution >= 4 is 29.5 Å². The predicted octanol–water partition coefficient (Wildman–Crippen LogP) is 3.62. The summed E-state index contributed by atoms with van der Waals surface area (Å²) in [6, 6.07) is 3.35. The highest BCUT2D eigenvalue weighted by Gasteiger charge is 2.48. The number of thioether (sulfide) groups is 1. The summed E-state index contributed by atoms with van der Waals surface area (Å²) in [4.78, 5) is 40.1. The molecule has 0 spiro atoms. The van der Waals surface area contributed by atoms with Crippen molar-refractivity contribution in [2.24, 2.45) is 11.8 Å². The highest BCUT2D eigenvalue weighted by Crippen LogP contribution is 2.49. The Morgan fingerprint density at radius 2 is 1.70 bits per heavy atom. The second-order valence-electron chi connectivity index (χ2n) is 8.82. The van der Waals surface area contributed by atoms with E-state index in [1.807, 2.05) is 13.8 Å². The average Bonchev–Trinajstić information content (AvgIpc) is 2.89. The van der Waals surface area contributed by atoms with Gasteiger partial charge in [0.15, 0.2) is 17.3 Å². The Labute approximate surface area is 221 Å². The van der Waals surface area contributed by atoms with E-state index in [-0.39, 0.29) is 18.1 Å². The van der Waals surface area contributed by atoms with E-state index in [9.17, 15) is 14.4 Å². The van der Waals surface area contributed by atoms with Crippen molar-refractivity contribution in [3.8, 4) is 17.2 Å². The van der Waals surface area contributed by atoms with Gasteiger partial charge in [0.1, 0.15) is 18.3 Å². The molecule has 2 aliphatic rings. The molecule has 1 heterocycles. The van der Waals surface area contributed by atoms with E-state index in [0.29, 0.717) is 52.0 Å².